The van der Waals surface area contributed by atoms with Crippen LogP contribution in [0.25, 0.3) is 11.0 Å². The fourth-order valence-corrected chi connectivity index (χ4v) is 4.04. The zero-order valence-electron chi connectivity index (χ0n) is 13.0. The normalized spacial score (nSPS) is 17.4. The molecule has 5 heteroatoms. The van der Waals surface area contributed by atoms with Crippen molar-refractivity contribution in [3.8, 4) is 0 Å². The average molecular weight is 318 g/mol. The lowest BCUT2D eigenvalue weighted by Gasteiger charge is -2.23. The van der Waals surface area contributed by atoms with Gasteiger partial charge in [0.25, 0.3) is 0 Å². The number of urea groups is 1. The van der Waals surface area contributed by atoms with E-state index >= 15 is 0 Å². The zero-order valence-corrected chi connectivity index (χ0v) is 13.8. The number of hydrogen-bond donors (Lipinski definition) is 2. The summed E-state index contributed by atoms with van der Waals surface area (Å²) in [5.41, 5.74) is 1.96. The van der Waals surface area contributed by atoms with Gasteiger partial charge in [-0.3, -0.25) is 0 Å². The number of benzene rings is 1. The minimum Gasteiger partial charge on any atom is -0.459 e. The number of hydrogen-bond acceptors (Lipinski definition) is 3. The van der Waals surface area contributed by atoms with Crippen molar-refractivity contribution < 1.29 is 9.21 Å². The van der Waals surface area contributed by atoms with E-state index in [1.54, 1.807) is 0 Å². The Morgan fingerprint density at radius 3 is 2.77 bits per heavy atom. The second kappa shape index (κ2) is 6.65. The number of carbonyl (C=O) groups excluding carboxylic acids is 1. The highest BCUT2D eigenvalue weighted by atomic mass is 32.2. The number of furan rings is 1. The van der Waals surface area contributed by atoms with Crippen LogP contribution in [0.5, 0.6) is 0 Å². The molecule has 118 valence electrons. The molecule has 1 fully saturated rings. The van der Waals surface area contributed by atoms with E-state index in [-0.39, 0.29) is 12.1 Å². The maximum atomic E-state index is 12.2. The quantitative estimate of drug-likeness (QED) is 0.899. The van der Waals surface area contributed by atoms with Gasteiger partial charge in [0.15, 0.2) is 0 Å². The maximum Gasteiger partial charge on any atom is 0.315 e. The Balaban J connectivity index is 1.66. The minimum atomic E-state index is -0.148. The summed E-state index contributed by atoms with van der Waals surface area (Å²) >= 11 is 1.95. The Hall–Kier alpha value is -1.62. The molecule has 0 bridgehead atoms. The molecule has 3 rings (SSSR count). The second-order valence-electron chi connectivity index (χ2n) is 5.81. The maximum absolute atomic E-state index is 12.2. The molecule has 1 aliphatic rings. The Morgan fingerprint density at radius 1 is 1.32 bits per heavy atom. The minimum absolute atomic E-state index is 0.107. The first kappa shape index (κ1) is 15.3. The van der Waals surface area contributed by atoms with Crippen molar-refractivity contribution in [3.05, 3.63) is 35.6 Å². The van der Waals surface area contributed by atoms with Crippen LogP contribution in [0.1, 0.15) is 37.1 Å². The smallest absolute Gasteiger partial charge is 0.315 e. The summed E-state index contributed by atoms with van der Waals surface area (Å²) in [5.74, 6) is 3.09. The van der Waals surface area contributed by atoms with Crippen LogP contribution in [0.15, 0.2) is 28.7 Å². The first-order valence-electron chi connectivity index (χ1n) is 7.78. The van der Waals surface area contributed by atoms with Gasteiger partial charge in [-0.2, -0.15) is 11.8 Å². The number of thioether (sulfide) groups is 1. The molecule has 1 atom stereocenters. The van der Waals surface area contributed by atoms with E-state index in [9.17, 15) is 4.79 Å². The predicted octanol–water partition coefficient (Wildman–Crippen LogP) is 4.00. The standard InChI is InChI=1S/C17H22N2O2S/c1-11-14-5-3-4-6-15(14)21-16(11)12(2)18-17(20)19-13-7-9-22-10-8-13/h3-6,12-13H,7-10H2,1-2H3,(H2,18,19,20)/t12-/m0/s1. The lowest BCUT2D eigenvalue weighted by Crippen LogP contribution is -2.44. The van der Waals surface area contributed by atoms with Gasteiger partial charge in [-0.15, -0.1) is 0 Å². The lowest BCUT2D eigenvalue weighted by atomic mass is 10.1. The Morgan fingerprint density at radius 2 is 2.05 bits per heavy atom. The molecular formula is C17H22N2O2S. The molecule has 2 amide bonds. The van der Waals surface area contributed by atoms with Gasteiger partial charge in [0.05, 0.1) is 6.04 Å². The van der Waals surface area contributed by atoms with Gasteiger partial charge in [0.1, 0.15) is 11.3 Å². The number of fused-ring (bicyclic) bond motifs is 1. The molecule has 2 aromatic rings. The largest absolute Gasteiger partial charge is 0.459 e. The summed E-state index contributed by atoms with van der Waals surface area (Å²) < 4.78 is 5.91. The van der Waals surface area contributed by atoms with E-state index in [2.05, 4.69) is 10.6 Å². The van der Waals surface area contributed by atoms with Crippen LogP contribution in [0.3, 0.4) is 0 Å². The lowest BCUT2D eigenvalue weighted by molar-refractivity contribution is 0.231. The van der Waals surface area contributed by atoms with E-state index in [1.807, 2.05) is 49.9 Å². The highest BCUT2D eigenvalue weighted by Crippen LogP contribution is 2.29. The van der Waals surface area contributed by atoms with Crippen molar-refractivity contribution in [1.82, 2.24) is 10.6 Å². The third-order valence-corrected chi connectivity index (χ3v) is 5.23. The summed E-state index contributed by atoms with van der Waals surface area (Å²) in [6, 6.07) is 8.00. The van der Waals surface area contributed by atoms with Crippen LogP contribution in [0, 0.1) is 6.92 Å². The molecule has 4 nitrogen and oxygen atoms in total. The molecule has 0 unspecified atom stereocenters. The van der Waals surface area contributed by atoms with Crippen molar-refractivity contribution in [2.75, 3.05) is 11.5 Å². The van der Waals surface area contributed by atoms with Crippen molar-refractivity contribution >= 4 is 28.8 Å². The Labute approximate surface area is 135 Å². The van der Waals surface area contributed by atoms with Crippen LogP contribution in [-0.2, 0) is 0 Å². The number of amides is 2. The third-order valence-electron chi connectivity index (χ3n) is 4.18. The van der Waals surface area contributed by atoms with Crippen LogP contribution in [0.2, 0.25) is 0 Å². The SMILES string of the molecule is Cc1c([C@H](C)NC(=O)NC2CCSCC2)oc2ccccc12. The van der Waals surface area contributed by atoms with Gasteiger partial charge in [-0.1, -0.05) is 18.2 Å². The van der Waals surface area contributed by atoms with Crippen molar-refractivity contribution in [1.29, 1.82) is 0 Å². The molecule has 1 aromatic heterocycles. The average Bonchev–Trinajstić information content (AvgIpc) is 2.86. The van der Waals surface area contributed by atoms with Crippen molar-refractivity contribution in [2.24, 2.45) is 0 Å². The second-order valence-corrected chi connectivity index (χ2v) is 7.04. The third kappa shape index (κ3) is 3.24. The van der Waals surface area contributed by atoms with Crippen LogP contribution in [0.4, 0.5) is 4.79 Å². The molecule has 0 aliphatic carbocycles. The molecular weight excluding hydrogens is 296 g/mol. The number of nitrogens with one attached hydrogen (secondary N) is 2. The van der Waals surface area contributed by atoms with Gasteiger partial charge in [0.2, 0.25) is 0 Å². The highest BCUT2D eigenvalue weighted by Gasteiger charge is 2.20. The highest BCUT2D eigenvalue weighted by molar-refractivity contribution is 7.99. The summed E-state index contributed by atoms with van der Waals surface area (Å²) in [6.07, 6.45) is 2.10. The van der Waals surface area contributed by atoms with E-state index in [4.69, 9.17) is 4.42 Å². The number of para-hydroxylation sites is 1. The van der Waals surface area contributed by atoms with Crippen LogP contribution in [-0.4, -0.2) is 23.6 Å². The van der Waals surface area contributed by atoms with E-state index in [1.165, 1.54) is 0 Å². The van der Waals surface area contributed by atoms with Crippen LogP contribution >= 0.6 is 11.8 Å². The molecule has 1 aliphatic heterocycles. The van der Waals surface area contributed by atoms with Gasteiger partial charge in [-0.05, 0) is 44.3 Å². The Kier molecular flexibility index (Phi) is 4.62. The fraction of sp³-hybridized carbons (Fsp3) is 0.471. The first-order valence-corrected chi connectivity index (χ1v) is 8.93. The monoisotopic (exact) mass is 318 g/mol. The molecule has 22 heavy (non-hydrogen) atoms. The van der Waals surface area contributed by atoms with Gasteiger partial charge in [0, 0.05) is 17.0 Å². The Bertz CT molecular complexity index is 662. The molecule has 2 N–H and O–H groups in total. The number of rotatable bonds is 3. The molecule has 2 heterocycles. The first-order chi connectivity index (χ1) is 10.6. The summed E-state index contributed by atoms with van der Waals surface area (Å²) in [6.45, 7) is 4.00. The molecule has 1 saturated heterocycles. The predicted molar refractivity (Wildman–Crippen MR) is 91.4 cm³/mol. The van der Waals surface area contributed by atoms with Crippen molar-refractivity contribution in [3.63, 3.8) is 0 Å². The fourth-order valence-electron chi connectivity index (χ4n) is 2.94. The molecule has 0 radical (unpaired) electrons. The van der Waals surface area contributed by atoms with Crippen molar-refractivity contribution in [2.45, 2.75) is 38.8 Å². The molecule has 1 aromatic carbocycles. The summed E-state index contributed by atoms with van der Waals surface area (Å²) in [7, 11) is 0. The topological polar surface area (TPSA) is 54.3 Å². The van der Waals surface area contributed by atoms with E-state index < -0.39 is 0 Å². The number of aryl methyl sites for hydroxylation is 1. The van der Waals surface area contributed by atoms with E-state index in [0.29, 0.717) is 6.04 Å². The van der Waals surface area contributed by atoms with Gasteiger partial charge in [-0.25, -0.2) is 4.79 Å². The molecule has 0 spiro atoms. The number of carbonyl (C=O) groups is 1. The molecule has 0 saturated carbocycles. The van der Waals surface area contributed by atoms with Gasteiger partial charge < -0.3 is 15.1 Å². The summed E-state index contributed by atoms with van der Waals surface area (Å²) in [4.78, 5) is 12.2. The zero-order chi connectivity index (χ0) is 15.5. The summed E-state index contributed by atoms with van der Waals surface area (Å²) in [5, 5.41) is 7.17. The van der Waals surface area contributed by atoms with Gasteiger partial charge >= 0.3 is 6.03 Å². The van der Waals surface area contributed by atoms with E-state index in [0.717, 1.165) is 46.6 Å². The van der Waals surface area contributed by atoms with Crippen LogP contribution < -0.4 is 10.6 Å².